The van der Waals surface area contributed by atoms with E-state index in [1.54, 1.807) is 30.4 Å². The number of nitrogens with zero attached hydrogens (tertiary/aromatic N) is 4. The van der Waals surface area contributed by atoms with Gasteiger partial charge in [-0.1, -0.05) is 35.5 Å². The van der Waals surface area contributed by atoms with Crippen molar-refractivity contribution in [3.05, 3.63) is 83.5 Å². The molecular formula is C19H15ClN4OS. The van der Waals surface area contributed by atoms with E-state index in [1.165, 1.54) is 5.56 Å². The second-order valence-corrected chi connectivity index (χ2v) is 7.01. The van der Waals surface area contributed by atoms with Crippen molar-refractivity contribution in [2.24, 2.45) is 0 Å². The van der Waals surface area contributed by atoms with Gasteiger partial charge in [-0.3, -0.25) is 9.55 Å². The number of pyridine rings is 1. The molecule has 0 saturated heterocycles. The van der Waals surface area contributed by atoms with Crippen LogP contribution in [-0.2, 0) is 12.3 Å². The van der Waals surface area contributed by atoms with Crippen LogP contribution in [0.1, 0.15) is 11.3 Å². The molecule has 5 nitrogen and oxygen atoms in total. The van der Waals surface area contributed by atoms with Crippen molar-refractivity contribution in [3.8, 4) is 11.4 Å². The predicted molar refractivity (Wildman–Crippen MR) is 102 cm³/mol. The molecule has 1 aromatic carbocycles. The van der Waals surface area contributed by atoms with Crippen LogP contribution in [0.2, 0.25) is 5.02 Å². The van der Waals surface area contributed by atoms with E-state index in [2.05, 4.69) is 19.7 Å². The number of rotatable bonds is 6. The Bertz CT molecular complexity index is 969. The monoisotopic (exact) mass is 382 g/mol. The normalized spacial score (nSPS) is 11.0. The van der Waals surface area contributed by atoms with E-state index in [9.17, 15) is 0 Å². The van der Waals surface area contributed by atoms with Crippen molar-refractivity contribution in [1.29, 1.82) is 0 Å². The van der Waals surface area contributed by atoms with Gasteiger partial charge < -0.3 is 4.42 Å². The largest absolute Gasteiger partial charge is 0.467 e. The Kier molecular flexibility index (Phi) is 5.04. The summed E-state index contributed by atoms with van der Waals surface area (Å²) in [7, 11) is 0. The third-order valence-electron chi connectivity index (χ3n) is 3.81. The molecule has 130 valence electrons. The minimum atomic E-state index is 0.563. The van der Waals surface area contributed by atoms with Crippen molar-refractivity contribution >= 4 is 23.4 Å². The maximum Gasteiger partial charge on any atom is 0.192 e. The third kappa shape index (κ3) is 3.81. The topological polar surface area (TPSA) is 56.7 Å². The number of halogens is 1. The number of furan rings is 1. The fourth-order valence-corrected chi connectivity index (χ4v) is 3.55. The number of thioether (sulfide) groups is 1. The summed E-state index contributed by atoms with van der Waals surface area (Å²) in [5.74, 6) is 2.40. The molecule has 0 amide bonds. The Labute approximate surface area is 160 Å². The summed E-state index contributed by atoms with van der Waals surface area (Å²) >= 11 is 7.58. The molecular weight excluding hydrogens is 368 g/mol. The number of hydrogen-bond acceptors (Lipinski definition) is 5. The summed E-state index contributed by atoms with van der Waals surface area (Å²) in [5, 5.41) is 10.3. The Morgan fingerprint density at radius 1 is 1.04 bits per heavy atom. The summed E-state index contributed by atoms with van der Waals surface area (Å²) in [6, 6.07) is 15.5. The second-order valence-electron chi connectivity index (χ2n) is 5.63. The third-order valence-corrected chi connectivity index (χ3v) is 5.10. The highest BCUT2D eigenvalue weighted by molar-refractivity contribution is 7.98. The van der Waals surface area contributed by atoms with Gasteiger partial charge in [0, 0.05) is 28.7 Å². The zero-order valence-electron chi connectivity index (χ0n) is 13.7. The quantitative estimate of drug-likeness (QED) is 0.443. The maximum absolute atomic E-state index is 5.96. The summed E-state index contributed by atoms with van der Waals surface area (Å²) in [6.45, 7) is 0.563. The summed E-state index contributed by atoms with van der Waals surface area (Å²) < 4.78 is 7.56. The van der Waals surface area contributed by atoms with Crippen LogP contribution in [0.15, 0.2) is 76.8 Å². The molecule has 0 spiro atoms. The first-order valence-electron chi connectivity index (χ1n) is 8.03. The predicted octanol–water partition coefficient (Wildman–Crippen LogP) is 4.93. The van der Waals surface area contributed by atoms with Crippen LogP contribution in [0.25, 0.3) is 11.4 Å². The summed E-state index contributed by atoms with van der Waals surface area (Å²) in [5.41, 5.74) is 2.10. The molecule has 3 heterocycles. The highest BCUT2D eigenvalue weighted by Gasteiger charge is 2.16. The molecule has 0 atom stereocenters. The van der Waals surface area contributed by atoms with Gasteiger partial charge >= 0.3 is 0 Å². The smallest absolute Gasteiger partial charge is 0.192 e. The molecule has 0 aliphatic heterocycles. The van der Waals surface area contributed by atoms with Crippen LogP contribution in [-0.4, -0.2) is 19.7 Å². The SMILES string of the molecule is Clc1ccc(CSc2nnc(-c3cccnc3)n2Cc2ccco2)cc1. The van der Waals surface area contributed by atoms with E-state index >= 15 is 0 Å². The van der Waals surface area contributed by atoms with Gasteiger partial charge in [0.05, 0.1) is 12.8 Å². The molecule has 4 aromatic rings. The zero-order valence-corrected chi connectivity index (χ0v) is 15.3. The van der Waals surface area contributed by atoms with Gasteiger partial charge in [0.1, 0.15) is 5.76 Å². The number of benzene rings is 1. The molecule has 0 N–H and O–H groups in total. The van der Waals surface area contributed by atoms with Crippen molar-refractivity contribution in [2.45, 2.75) is 17.5 Å². The lowest BCUT2D eigenvalue weighted by atomic mass is 10.2. The van der Waals surface area contributed by atoms with Gasteiger partial charge in [-0.05, 0) is 42.0 Å². The summed E-state index contributed by atoms with van der Waals surface area (Å²) in [6.07, 6.45) is 5.20. The van der Waals surface area contributed by atoms with Crippen LogP contribution >= 0.6 is 23.4 Å². The lowest BCUT2D eigenvalue weighted by Gasteiger charge is -2.08. The van der Waals surface area contributed by atoms with Crippen molar-refractivity contribution < 1.29 is 4.42 Å². The molecule has 4 rings (SSSR count). The van der Waals surface area contributed by atoms with E-state index in [0.717, 1.165) is 33.1 Å². The fraction of sp³-hybridized carbons (Fsp3) is 0.105. The Morgan fingerprint density at radius 2 is 1.92 bits per heavy atom. The van der Waals surface area contributed by atoms with Crippen molar-refractivity contribution in [2.75, 3.05) is 0 Å². The van der Waals surface area contributed by atoms with Crippen LogP contribution in [0.5, 0.6) is 0 Å². The highest BCUT2D eigenvalue weighted by atomic mass is 35.5. The van der Waals surface area contributed by atoms with E-state index < -0.39 is 0 Å². The molecule has 0 bridgehead atoms. The molecule has 3 aromatic heterocycles. The maximum atomic E-state index is 5.96. The van der Waals surface area contributed by atoms with Crippen LogP contribution < -0.4 is 0 Å². The van der Waals surface area contributed by atoms with Gasteiger partial charge in [0.25, 0.3) is 0 Å². The first kappa shape index (κ1) is 16.9. The standard InChI is InChI=1S/C19H15ClN4OS/c20-16-7-5-14(6-8-16)13-26-19-23-22-18(15-3-1-9-21-11-15)24(19)12-17-4-2-10-25-17/h1-11H,12-13H2. The lowest BCUT2D eigenvalue weighted by molar-refractivity contribution is 0.485. The van der Waals surface area contributed by atoms with Crippen molar-refractivity contribution in [3.63, 3.8) is 0 Å². The van der Waals surface area contributed by atoms with Crippen molar-refractivity contribution in [1.82, 2.24) is 19.7 Å². The number of hydrogen-bond donors (Lipinski definition) is 0. The number of aromatic nitrogens is 4. The molecule has 0 saturated carbocycles. The van der Waals surface area contributed by atoms with E-state index in [-0.39, 0.29) is 0 Å². The van der Waals surface area contributed by atoms with E-state index in [0.29, 0.717) is 6.54 Å². The minimum Gasteiger partial charge on any atom is -0.467 e. The van der Waals surface area contributed by atoms with Gasteiger partial charge in [-0.2, -0.15) is 0 Å². The van der Waals surface area contributed by atoms with E-state index in [1.807, 2.05) is 48.5 Å². The average Bonchev–Trinajstić information content (AvgIpc) is 3.33. The second kappa shape index (κ2) is 7.76. The first-order chi connectivity index (χ1) is 12.8. The fourth-order valence-electron chi connectivity index (χ4n) is 2.53. The van der Waals surface area contributed by atoms with Gasteiger partial charge in [0.2, 0.25) is 0 Å². The lowest BCUT2D eigenvalue weighted by Crippen LogP contribution is -2.03. The Hall–Kier alpha value is -2.57. The summed E-state index contributed by atoms with van der Waals surface area (Å²) in [4.78, 5) is 4.19. The molecule has 0 unspecified atom stereocenters. The Balaban J connectivity index is 1.63. The van der Waals surface area contributed by atoms with Gasteiger partial charge in [-0.25, -0.2) is 0 Å². The molecule has 0 radical (unpaired) electrons. The zero-order chi connectivity index (χ0) is 17.8. The minimum absolute atomic E-state index is 0.563. The van der Waals surface area contributed by atoms with E-state index in [4.69, 9.17) is 16.0 Å². The Morgan fingerprint density at radius 3 is 2.65 bits per heavy atom. The molecule has 0 aliphatic rings. The first-order valence-corrected chi connectivity index (χ1v) is 9.39. The molecule has 0 fully saturated rings. The van der Waals surface area contributed by atoms with Gasteiger partial charge in [0.15, 0.2) is 11.0 Å². The van der Waals surface area contributed by atoms with Crippen LogP contribution in [0.3, 0.4) is 0 Å². The average molecular weight is 383 g/mol. The van der Waals surface area contributed by atoms with Crippen LogP contribution in [0, 0.1) is 0 Å². The molecule has 0 aliphatic carbocycles. The molecule has 26 heavy (non-hydrogen) atoms. The highest BCUT2D eigenvalue weighted by Crippen LogP contribution is 2.27. The molecule has 7 heteroatoms. The van der Waals surface area contributed by atoms with Crippen LogP contribution in [0.4, 0.5) is 0 Å². The van der Waals surface area contributed by atoms with Gasteiger partial charge in [-0.15, -0.1) is 10.2 Å².